The van der Waals surface area contributed by atoms with Crippen molar-refractivity contribution in [2.24, 2.45) is 0 Å². The largest absolute Gasteiger partial charge is 0.361 e. The number of carbonyl (C=O) groups excluding carboxylic acids is 1. The summed E-state index contributed by atoms with van der Waals surface area (Å²) in [5.74, 6) is 0.453. The summed E-state index contributed by atoms with van der Waals surface area (Å²) in [7, 11) is 0. The van der Waals surface area contributed by atoms with Crippen LogP contribution in [0.2, 0.25) is 0 Å². The van der Waals surface area contributed by atoms with Crippen LogP contribution < -0.4 is 5.32 Å². The Labute approximate surface area is 124 Å². The van der Waals surface area contributed by atoms with Gasteiger partial charge in [-0.1, -0.05) is 12.1 Å². The molecule has 0 saturated heterocycles. The third-order valence-corrected chi connectivity index (χ3v) is 3.60. The van der Waals surface area contributed by atoms with Gasteiger partial charge in [0.25, 0.3) is 5.91 Å². The minimum Gasteiger partial charge on any atom is -0.361 e. The Bertz CT molecular complexity index is 642. The van der Waals surface area contributed by atoms with Crippen molar-refractivity contribution in [1.82, 2.24) is 20.3 Å². The van der Waals surface area contributed by atoms with E-state index >= 15 is 0 Å². The van der Waals surface area contributed by atoms with Crippen LogP contribution in [0.4, 0.5) is 0 Å². The lowest BCUT2D eigenvalue weighted by molar-refractivity contribution is 0.0929. The highest BCUT2D eigenvalue weighted by Crippen LogP contribution is 2.16. The molecule has 2 rings (SSSR count). The van der Waals surface area contributed by atoms with Crippen LogP contribution in [0.25, 0.3) is 0 Å². The first-order chi connectivity index (χ1) is 9.92. The lowest BCUT2D eigenvalue weighted by Gasteiger charge is -2.11. The number of carbonyl (C=O) groups is 1. The van der Waals surface area contributed by atoms with Crippen LogP contribution in [0.15, 0.2) is 10.6 Å². The molecule has 2 aromatic rings. The first-order valence-corrected chi connectivity index (χ1v) is 7.19. The summed E-state index contributed by atoms with van der Waals surface area (Å²) in [4.78, 5) is 12.3. The minimum atomic E-state index is -0.197. The number of hydrogen-bond donors (Lipinski definition) is 1. The Morgan fingerprint density at radius 2 is 2.14 bits per heavy atom. The van der Waals surface area contributed by atoms with Gasteiger partial charge in [0, 0.05) is 17.3 Å². The molecular formula is C15H22N4O2. The van der Waals surface area contributed by atoms with Gasteiger partial charge in [0.15, 0.2) is 5.69 Å². The van der Waals surface area contributed by atoms with Gasteiger partial charge in [0.05, 0.1) is 12.2 Å². The van der Waals surface area contributed by atoms with E-state index in [4.69, 9.17) is 4.52 Å². The predicted molar refractivity (Wildman–Crippen MR) is 79.3 cm³/mol. The molecule has 1 atom stereocenters. The second-order valence-electron chi connectivity index (χ2n) is 5.43. The van der Waals surface area contributed by atoms with E-state index in [2.05, 4.69) is 15.6 Å². The molecule has 1 N–H and O–H groups in total. The van der Waals surface area contributed by atoms with Gasteiger partial charge in [-0.05, 0) is 40.2 Å². The third kappa shape index (κ3) is 3.32. The number of aryl methyl sites for hydroxylation is 3. The number of aromatic nitrogens is 3. The Morgan fingerprint density at radius 1 is 1.43 bits per heavy atom. The molecule has 0 fully saturated rings. The van der Waals surface area contributed by atoms with Crippen LogP contribution in [0, 0.1) is 20.8 Å². The zero-order valence-corrected chi connectivity index (χ0v) is 13.2. The lowest BCUT2D eigenvalue weighted by atomic mass is 10.1. The molecule has 0 spiro atoms. The molecule has 0 bridgehead atoms. The zero-order valence-electron chi connectivity index (χ0n) is 13.2. The van der Waals surface area contributed by atoms with Crippen molar-refractivity contribution in [2.75, 3.05) is 0 Å². The van der Waals surface area contributed by atoms with E-state index in [1.54, 1.807) is 0 Å². The Balaban J connectivity index is 2.26. The highest BCUT2D eigenvalue weighted by molar-refractivity contribution is 5.93. The standard InChI is InChI=1S/C15H22N4O2/c1-6-9(2)16-15(20)14-13(12(5)21-18-14)8-19-11(4)7-10(3)17-19/h7,9H,6,8H2,1-5H3,(H,16,20). The molecule has 6 nitrogen and oxygen atoms in total. The smallest absolute Gasteiger partial charge is 0.274 e. The van der Waals surface area contributed by atoms with E-state index in [0.29, 0.717) is 18.0 Å². The molecule has 1 unspecified atom stereocenters. The fraction of sp³-hybridized carbons (Fsp3) is 0.533. The molecule has 2 aromatic heterocycles. The molecule has 0 aromatic carbocycles. The van der Waals surface area contributed by atoms with Gasteiger partial charge >= 0.3 is 0 Å². The van der Waals surface area contributed by atoms with Crippen LogP contribution in [-0.4, -0.2) is 26.9 Å². The quantitative estimate of drug-likeness (QED) is 0.917. The van der Waals surface area contributed by atoms with Crippen LogP contribution in [0.1, 0.15) is 53.5 Å². The van der Waals surface area contributed by atoms with Crippen molar-refractivity contribution >= 4 is 5.91 Å². The summed E-state index contributed by atoms with van der Waals surface area (Å²) in [5, 5.41) is 11.2. The van der Waals surface area contributed by atoms with Gasteiger partial charge in [0.2, 0.25) is 0 Å². The molecule has 0 radical (unpaired) electrons. The van der Waals surface area contributed by atoms with E-state index < -0.39 is 0 Å². The average molecular weight is 290 g/mol. The Morgan fingerprint density at radius 3 is 2.71 bits per heavy atom. The van der Waals surface area contributed by atoms with E-state index in [-0.39, 0.29) is 11.9 Å². The summed E-state index contributed by atoms with van der Waals surface area (Å²) in [5.41, 5.74) is 3.12. The first kappa shape index (κ1) is 15.3. The molecule has 1 amide bonds. The number of nitrogens with zero attached hydrogens (tertiary/aromatic N) is 3. The second kappa shape index (κ2) is 6.11. The summed E-state index contributed by atoms with van der Waals surface area (Å²) in [6, 6.07) is 2.11. The highest BCUT2D eigenvalue weighted by Gasteiger charge is 2.21. The molecule has 21 heavy (non-hydrogen) atoms. The van der Waals surface area contributed by atoms with E-state index in [9.17, 15) is 4.79 Å². The lowest BCUT2D eigenvalue weighted by Crippen LogP contribution is -2.33. The van der Waals surface area contributed by atoms with Crippen molar-refractivity contribution in [3.63, 3.8) is 0 Å². The average Bonchev–Trinajstić information content (AvgIpc) is 2.94. The molecule has 0 aliphatic heterocycles. The predicted octanol–water partition coefficient (Wildman–Crippen LogP) is 2.37. The van der Waals surface area contributed by atoms with Crippen molar-refractivity contribution in [3.8, 4) is 0 Å². The van der Waals surface area contributed by atoms with E-state index in [0.717, 1.165) is 23.4 Å². The zero-order chi connectivity index (χ0) is 15.6. The van der Waals surface area contributed by atoms with Gasteiger partial charge < -0.3 is 9.84 Å². The van der Waals surface area contributed by atoms with Crippen molar-refractivity contribution in [3.05, 3.63) is 34.5 Å². The molecule has 0 aliphatic carbocycles. The molecule has 2 heterocycles. The van der Waals surface area contributed by atoms with Gasteiger partial charge in [-0.2, -0.15) is 5.10 Å². The fourth-order valence-corrected chi connectivity index (χ4v) is 2.13. The first-order valence-electron chi connectivity index (χ1n) is 7.19. The summed E-state index contributed by atoms with van der Waals surface area (Å²) < 4.78 is 7.05. The number of amides is 1. The number of nitrogens with one attached hydrogen (secondary N) is 1. The highest BCUT2D eigenvalue weighted by atomic mass is 16.5. The number of hydrogen-bond acceptors (Lipinski definition) is 4. The summed E-state index contributed by atoms with van der Waals surface area (Å²) in [6.45, 7) is 10.2. The second-order valence-corrected chi connectivity index (χ2v) is 5.43. The van der Waals surface area contributed by atoms with Gasteiger partial charge in [-0.25, -0.2) is 0 Å². The third-order valence-electron chi connectivity index (χ3n) is 3.60. The summed E-state index contributed by atoms with van der Waals surface area (Å²) >= 11 is 0. The topological polar surface area (TPSA) is 73.0 Å². The molecular weight excluding hydrogens is 268 g/mol. The fourth-order valence-electron chi connectivity index (χ4n) is 2.13. The van der Waals surface area contributed by atoms with Crippen LogP contribution in [-0.2, 0) is 6.54 Å². The molecule has 0 saturated carbocycles. The Hall–Kier alpha value is -2.11. The molecule has 0 aliphatic rings. The maximum absolute atomic E-state index is 12.3. The molecule has 6 heteroatoms. The SMILES string of the molecule is CCC(C)NC(=O)c1noc(C)c1Cn1nc(C)cc1C. The van der Waals surface area contributed by atoms with Crippen LogP contribution in [0.5, 0.6) is 0 Å². The monoisotopic (exact) mass is 290 g/mol. The Kier molecular flexibility index (Phi) is 4.45. The summed E-state index contributed by atoms with van der Waals surface area (Å²) in [6.07, 6.45) is 0.870. The normalized spacial score (nSPS) is 12.4. The van der Waals surface area contributed by atoms with Crippen molar-refractivity contribution in [2.45, 2.75) is 53.6 Å². The maximum atomic E-state index is 12.3. The van der Waals surface area contributed by atoms with Crippen molar-refractivity contribution < 1.29 is 9.32 Å². The van der Waals surface area contributed by atoms with Crippen molar-refractivity contribution in [1.29, 1.82) is 0 Å². The maximum Gasteiger partial charge on any atom is 0.274 e. The van der Waals surface area contributed by atoms with E-state index in [1.165, 1.54) is 0 Å². The van der Waals surface area contributed by atoms with E-state index in [1.807, 2.05) is 45.4 Å². The van der Waals surface area contributed by atoms with Crippen LogP contribution >= 0.6 is 0 Å². The van der Waals surface area contributed by atoms with Crippen LogP contribution in [0.3, 0.4) is 0 Å². The molecule has 114 valence electrons. The number of rotatable bonds is 5. The van der Waals surface area contributed by atoms with Gasteiger partial charge in [-0.3, -0.25) is 9.48 Å². The van der Waals surface area contributed by atoms with Gasteiger partial charge in [0.1, 0.15) is 5.76 Å². The van der Waals surface area contributed by atoms with Gasteiger partial charge in [-0.15, -0.1) is 0 Å². The minimum absolute atomic E-state index is 0.107.